The number of alkyl halides is 3. The van der Waals surface area contributed by atoms with E-state index in [-0.39, 0.29) is 10.8 Å². The summed E-state index contributed by atoms with van der Waals surface area (Å²) in [5, 5.41) is 6.51. The summed E-state index contributed by atoms with van der Waals surface area (Å²) in [6, 6.07) is 12.1. The van der Waals surface area contributed by atoms with Crippen molar-refractivity contribution in [2.24, 2.45) is 5.10 Å². The fourth-order valence-corrected chi connectivity index (χ4v) is 2.11. The molecular weight excluding hydrogens is 337 g/mol. The molecule has 8 heteroatoms. The average Bonchev–Trinajstić information content (AvgIpc) is 2.52. The molecule has 0 fully saturated rings. The summed E-state index contributed by atoms with van der Waals surface area (Å²) >= 11 is 4.99. The number of nitrogens with zero attached hydrogens (tertiary/aromatic N) is 1. The molecule has 0 atom stereocenters. The van der Waals surface area contributed by atoms with Crippen LogP contribution < -0.4 is 16.5 Å². The molecule has 0 aliphatic carbocycles. The van der Waals surface area contributed by atoms with Crippen LogP contribution in [0.3, 0.4) is 0 Å². The number of rotatable bonds is 3. The maximum Gasteiger partial charge on any atom is 0.418 e. The molecule has 0 aliphatic heterocycles. The molecule has 126 valence electrons. The van der Waals surface area contributed by atoms with Gasteiger partial charge in [0, 0.05) is 5.69 Å². The lowest BCUT2D eigenvalue weighted by Gasteiger charge is -2.14. The normalized spacial score (nSPS) is 11.9. The monoisotopic (exact) mass is 352 g/mol. The number of nitrogens with two attached hydrogens (primary N) is 1. The lowest BCUT2D eigenvalue weighted by atomic mass is 10.1. The maximum atomic E-state index is 12.9. The summed E-state index contributed by atoms with van der Waals surface area (Å²) in [7, 11) is 0. The lowest BCUT2D eigenvalue weighted by Crippen LogP contribution is -2.26. The summed E-state index contributed by atoms with van der Waals surface area (Å²) in [5.41, 5.74) is 9.24. The predicted molar refractivity (Wildman–Crippen MR) is 93.9 cm³/mol. The zero-order chi connectivity index (χ0) is 17.7. The summed E-state index contributed by atoms with van der Waals surface area (Å²) in [6.07, 6.45) is -4.47. The first-order chi connectivity index (χ1) is 11.3. The molecule has 0 radical (unpaired) electrons. The van der Waals surface area contributed by atoms with Crippen LogP contribution in [0.15, 0.2) is 53.6 Å². The second-order valence-corrected chi connectivity index (χ2v) is 5.34. The maximum absolute atomic E-state index is 12.9. The van der Waals surface area contributed by atoms with Gasteiger partial charge in [-0.15, -0.1) is 0 Å². The Kier molecular flexibility index (Phi) is 5.40. The SMILES string of the molecule is C/C(=N\NC(=S)Nc1ccccc1C(F)(F)F)c1cccc(N)c1. The van der Waals surface area contributed by atoms with Gasteiger partial charge in [0.1, 0.15) is 0 Å². The van der Waals surface area contributed by atoms with Gasteiger partial charge in [0.2, 0.25) is 0 Å². The van der Waals surface area contributed by atoms with E-state index in [9.17, 15) is 13.2 Å². The van der Waals surface area contributed by atoms with E-state index in [2.05, 4.69) is 15.8 Å². The summed E-state index contributed by atoms with van der Waals surface area (Å²) in [6.45, 7) is 1.73. The number of thiocarbonyl (C=S) groups is 1. The first-order valence-corrected chi connectivity index (χ1v) is 7.31. The van der Waals surface area contributed by atoms with Gasteiger partial charge in [-0.1, -0.05) is 24.3 Å². The van der Waals surface area contributed by atoms with E-state index in [1.165, 1.54) is 18.2 Å². The van der Waals surface area contributed by atoms with Gasteiger partial charge in [0.05, 0.1) is 17.0 Å². The molecule has 0 saturated carbocycles. The molecule has 4 nitrogen and oxygen atoms in total. The average molecular weight is 352 g/mol. The Morgan fingerprint density at radius 2 is 1.83 bits per heavy atom. The third kappa shape index (κ3) is 4.69. The van der Waals surface area contributed by atoms with E-state index in [1.807, 2.05) is 6.07 Å². The van der Waals surface area contributed by atoms with Gasteiger partial charge in [0.15, 0.2) is 5.11 Å². The quantitative estimate of drug-likeness (QED) is 0.338. The van der Waals surface area contributed by atoms with Crippen molar-refractivity contribution in [3.05, 3.63) is 59.7 Å². The van der Waals surface area contributed by atoms with E-state index in [4.69, 9.17) is 18.0 Å². The Hall–Kier alpha value is -2.61. The van der Waals surface area contributed by atoms with Crippen molar-refractivity contribution >= 4 is 34.4 Å². The molecule has 0 unspecified atom stereocenters. The molecule has 2 aromatic rings. The van der Waals surface area contributed by atoms with Crippen molar-refractivity contribution in [2.75, 3.05) is 11.1 Å². The predicted octanol–water partition coefficient (Wildman–Crippen LogP) is 4.00. The fourth-order valence-electron chi connectivity index (χ4n) is 1.95. The first kappa shape index (κ1) is 17.7. The zero-order valence-corrected chi connectivity index (χ0v) is 13.5. The molecule has 0 spiro atoms. The molecule has 24 heavy (non-hydrogen) atoms. The second-order valence-electron chi connectivity index (χ2n) is 4.93. The van der Waals surface area contributed by atoms with Crippen molar-refractivity contribution in [3.8, 4) is 0 Å². The van der Waals surface area contributed by atoms with Crippen molar-refractivity contribution in [3.63, 3.8) is 0 Å². The highest BCUT2D eigenvalue weighted by atomic mass is 32.1. The van der Waals surface area contributed by atoms with Crippen LogP contribution in [-0.2, 0) is 6.18 Å². The van der Waals surface area contributed by atoms with Crippen molar-refractivity contribution in [1.29, 1.82) is 0 Å². The largest absolute Gasteiger partial charge is 0.418 e. The standard InChI is InChI=1S/C16H15F3N4S/c1-10(11-5-4-6-12(20)9-11)22-23-15(24)21-14-8-3-2-7-13(14)16(17,18)19/h2-9H,20H2,1H3,(H2,21,23,24)/b22-10+. The number of halogens is 3. The Morgan fingerprint density at radius 3 is 2.50 bits per heavy atom. The fraction of sp³-hybridized carbons (Fsp3) is 0.125. The highest BCUT2D eigenvalue weighted by Gasteiger charge is 2.33. The van der Waals surface area contributed by atoms with Crippen LogP contribution >= 0.6 is 12.2 Å². The van der Waals surface area contributed by atoms with Crippen LogP contribution in [0.4, 0.5) is 24.5 Å². The van der Waals surface area contributed by atoms with Gasteiger partial charge in [-0.3, -0.25) is 5.43 Å². The van der Waals surface area contributed by atoms with Crippen LogP contribution in [0.5, 0.6) is 0 Å². The van der Waals surface area contributed by atoms with Crippen molar-refractivity contribution < 1.29 is 13.2 Å². The van der Waals surface area contributed by atoms with Gasteiger partial charge in [-0.25, -0.2) is 0 Å². The number of hydrogen-bond donors (Lipinski definition) is 3. The number of anilines is 2. The number of hydrogen-bond acceptors (Lipinski definition) is 3. The summed E-state index contributed by atoms with van der Waals surface area (Å²) < 4.78 is 38.8. The number of nitrogen functional groups attached to an aromatic ring is 1. The molecule has 0 aromatic heterocycles. The summed E-state index contributed by atoms with van der Waals surface area (Å²) in [4.78, 5) is 0. The number of nitrogens with one attached hydrogen (secondary N) is 2. The summed E-state index contributed by atoms with van der Waals surface area (Å²) in [5.74, 6) is 0. The molecule has 0 aliphatic rings. The number of benzene rings is 2. The molecule has 0 bridgehead atoms. The zero-order valence-electron chi connectivity index (χ0n) is 12.7. The third-order valence-electron chi connectivity index (χ3n) is 3.11. The van der Waals surface area contributed by atoms with Crippen LogP contribution in [0.1, 0.15) is 18.1 Å². The van der Waals surface area contributed by atoms with Crippen LogP contribution in [0.25, 0.3) is 0 Å². The Morgan fingerprint density at radius 1 is 1.12 bits per heavy atom. The van der Waals surface area contributed by atoms with Gasteiger partial charge < -0.3 is 11.1 Å². The first-order valence-electron chi connectivity index (χ1n) is 6.91. The number of hydrazone groups is 1. The molecule has 4 N–H and O–H groups in total. The molecular formula is C16H15F3N4S. The Balaban J connectivity index is 2.08. The van der Waals surface area contributed by atoms with Crippen LogP contribution in [0, 0.1) is 0 Å². The molecule has 0 saturated heterocycles. The van der Waals surface area contributed by atoms with E-state index in [0.717, 1.165) is 11.6 Å². The minimum Gasteiger partial charge on any atom is -0.399 e. The van der Waals surface area contributed by atoms with Gasteiger partial charge in [0.25, 0.3) is 0 Å². The lowest BCUT2D eigenvalue weighted by molar-refractivity contribution is -0.136. The highest BCUT2D eigenvalue weighted by molar-refractivity contribution is 7.80. The minimum atomic E-state index is -4.47. The Bertz CT molecular complexity index is 772. The van der Waals surface area contributed by atoms with E-state index >= 15 is 0 Å². The van der Waals surface area contributed by atoms with Gasteiger partial charge in [-0.05, 0) is 49.0 Å². The molecule has 0 heterocycles. The van der Waals surface area contributed by atoms with Gasteiger partial charge in [-0.2, -0.15) is 18.3 Å². The van der Waals surface area contributed by atoms with E-state index in [0.29, 0.717) is 11.4 Å². The minimum absolute atomic E-state index is 0.0463. The number of para-hydroxylation sites is 1. The Labute approximate surface area is 142 Å². The van der Waals surface area contributed by atoms with E-state index < -0.39 is 11.7 Å². The topological polar surface area (TPSA) is 62.4 Å². The van der Waals surface area contributed by atoms with Crippen LogP contribution in [0.2, 0.25) is 0 Å². The molecule has 2 rings (SSSR count). The molecule has 0 amide bonds. The smallest absolute Gasteiger partial charge is 0.399 e. The van der Waals surface area contributed by atoms with Crippen molar-refractivity contribution in [2.45, 2.75) is 13.1 Å². The second kappa shape index (κ2) is 7.31. The van der Waals surface area contributed by atoms with Crippen LogP contribution in [-0.4, -0.2) is 10.8 Å². The third-order valence-corrected chi connectivity index (χ3v) is 3.30. The van der Waals surface area contributed by atoms with Gasteiger partial charge >= 0.3 is 6.18 Å². The van der Waals surface area contributed by atoms with Crippen molar-refractivity contribution in [1.82, 2.24) is 5.43 Å². The highest BCUT2D eigenvalue weighted by Crippen LogP contribution is 2.34. The molecule has 2 aromatic carbocycles. The van der Waals surface area contributed by atoms with E-state index in [1.54, 1.807) is 25.1 Å².